The van der Waals surface area contributed by atoms with Gasteiger partial charge in [0.25, 0.3) is 5.91 Å². The van der Waals surface area contributed by atoms with Gasteiger partial charge in [0.1, 0.15) is 5.75 Å². The van der Waals surface area contributed by atoms with E-state index in [1.807, 2.05) is 19.9 Å². The molecule has 2 aromatic carbocycles. The van der Waals surface area contributed by atoms with Crippen LogP contribution in [0.2, 0.25) is 0 Å². The quantitative estimate of drug-likeness (QED) is 0.793. The molecule has 0 radical (unpaired) electrons. The van der Waals surface area contributed by atoms with Crippen molar-refractivity contribution in [3.05, 3.63) is 59.2 Å². The minimum absolute atomic E-state index is 0.296. The Morgan fingerprint density at radius 2 is 1.88 bits per heavy atom. The molecular weight excluding hydrogens is 318 g/mol. The summed E-state index contributed by atoms with van der Waals surface area (Å²) in [4.78, 5) is 24.9. The largest absolute Gasteiger partial charge is 0.494 e. The number of ether oxygens (including phenoxy) is 1. The second kappa shape index (κ2) is 6.69. The van der Waals surface area contributed by atoms with Crippen molar-refractivity contribution in [3.63, 3.8) is 0 Å². The Morgan fingerprint density at radius 3 is 2.52 bits per heavy atom. The first-order valence-corrected chi connectivity index (χ1v) is 8.41. The summed E-state index contributed by atoms with van der Waals surface area (Å²) in [6.07, 6.45) is 0.484. The van der Waals surface area contributed by atoms with E-state index in [4.69, 9.17) is 4.74 Å². The number of amides is 1. The van der Waals surface area contributed by atoms with Gasteiger partial charge in [-0.05, 0) is 49.2 Å². The van der Waals surface area contributed by atoms with Crippen LogP contribution < -0.4 is 10.1 Å². The van der Waals surface area contributed by atoms with Crippen LogP contribution in [0, 0.1) is 0 Å². The SMILES string of the molecule is CCOc1ccc(C(=O)C[C@@]2(O)C(=O)Nc3ccc(CC)cc32)cc1. The predicted octanol–water partition coefficient (Wildman–Crippen LogP) is 3.06. The Kier molecular flexibility index (Phi) is 4.59. The highest BCUT2D eigenvalue weighted by Gasteiger charge is 2.46. The lowest BCUT2D eigenvalue weighted by atomic mass is 9.87. The van der Waals surface area contributed by atoms with Crippen molar-refractivity contribution in [2.24, 2.45) is 0 Å². The van der Waals surface area contributed by atoms with E-state index in [9.17, 15) is 14.7 Å². The third-order valence-corrected chi connectivity index (χ3v) is 4.47. The van der Waals surface area contributed by atoms with E-state index in [1.54, 1.807) is 36.4 Å². The summed E-state index contributed by atoms with van der Waals surface area (Å²) in [7, 11) is 0. The normalized spacial score (nSPS) is 18.6. The molecule has 5 heteroatoms. The summed E-state index contributed by atoms with van der Waals surface area (Å²) in [5.41, 5.74) is 0.628. The van der Waals surface area contributed by atoms with Crippen LogP contribution in [0.4, 0.5) is 5.69 Å². The molecule has 0 fully saturated rings. The van der Waals surface area contributed by atoms with Gasteiger partial charge in [-0.15, -0.1) is 0 Å². The second-order valence-corrected chi connectivity index (χ2v) is 6.11. The van der Waals surface area contributed by atoms with E-state index >= 15 is 0 Å². The van der Waals surface area contributed by atoms with Gasteiger partial charge in [-0.3, -0.25) is 9.59 Å². The van der Waals surface area contributed by atoms with Crippen molar-refractivity contribution < 1.29 is 19.4 Å². The first-order valence-electron chi connectivity index (χ1n) is 8.41. The molecule has 1 atom stereocenters. The van der Waals surface area contributed by atoms with E-state index in [2.05, 4.69) is 5.32 Å². The third kappa shape index (κ3) is 3.15. The first-order chi connectivity index (χ1) is 12.0. The molecule has 0 spiro atoms. The zero-order valence-corrected chi connectivity index (χ0v) is 14.3. The summed E-state index contributed by atoms with van der Waals surface area (Å²) in [6.45, 7) is 4.43. The molecule has 0 bridgehead atoms. The molecule has 1 heterocycles. The van der Waals surface area contributed by atoms with Crippen LogP contribution in [0.1, 0.15) is 41.8 Å². The first kappa shape index (κ1) is 17.2. The molecule has 0 saturated heterocycles. The maximum atomic E-state index is 12.6. The van der Waals surface area contributed by atoms with Gasteiger partial charge in [-0.1, -0.05) is 19.1 Å². The van der Waals surface area contributed by atoms with Crippen LogP contribution >= 0.6 is 0 Å². The lowest BCUT2D eigenvalue weighted by Gasteiger charge is -2.20. The van der Waals surface area contributed by atoms with Crippen LogP contribution in [-0.2, 0) is 16.8 Å². The number of carbonyl (C=O) groups excluding carboxylic acids is 2. The van der Waals surface area contributed by atoms with Crippen LogP contribution in [0.3, 0.4) is 0 Å². The average molecular weight is 339 g/mol. The molecule has 0 saturated carbocycles. The minimum atomic E-state index is -1.84. The topological polar surface area (TPSA) is 75.6 Å². The number of hydrogen-bond donors (Lipinski definition) is 2. The Bertz CT molecular complexity index is 813. The molecule has 1 aliphatic heterocycles. The van der Waals surface area contributed by atoms with Gasteiger partial charge in [0, 0.05) is 16.8 Å². The number of aliphatic hydroxyl groups is 1. The maximum Gasteiger partial charge on any atom is 0.261 e. The number of Topliss-reactive ketones (excluding diaryl/α,β-unsaturated/α-hetero) is 1. The van der Waals surface area contributed by atoms with Gasteiger partial charge >= 0.3 is 0 Å². The zero-order valence-electron chi connectivity index (χ0n) is 14.3. The molecule has 0 aliphatic carbocycles. The molecule has 3 rings (SSSR count). The van der Waals surface area contributed by atoms with Gasteiger partial charge in [0.15, 0.2) is 11.4 Å². The molecular formula is C20H21NO4. The molecule has 2 aromatic rings. The molecule has 130 valence electrons. The Morgan fingerprint density at radius 1 is 1.16 bits per heavy atom. The highest BCUT2D eigenvalue weighted by molar-refractivity contribution is 6.09. The number of carbonyl (C=O) groups is 2. The Hall–Kier alpha value is -2.66. The number of anilines is 1. The van der Waals surface area contributed by atoms with Crippen LogP contribution in [0.25, 0.3) is 0 Å². The summed E-state index contributed by atoms with van der Waals surface area (Å²) < 4.78 is 5.36. The van der Waals surface area contributed by atoms with E-state index in [0.717, 1.165) is 12.0 Å². The fourth-order valence-corrected chi connectivity index (χ4v) is 3.02. The smallest absolute Gasteiger partial charge is 0.261 e. The van der Waals surface area contributed by atoms with E-state index in [0.29, 0.717) is 29.2 Å². The number of benzene rings is 2. The van der Waals surface area contributed by atoms with Gasteiger partial charge < -0.3 is 15.2 Å². The monoisotopic (exact) mass is 339 g/mol. The van der Waals surface area contributed by atoms with Crippen molar-refractivity contribution >= 4 is 17.4 Å². The summed E-state index contributed by atoms with van der Waals surface area (Å²) in [6, 6.07) is 12.2. The number of hydrogen-bond acceptors (Lipinski definition) is 4. The molecule has 2 N–H and O–H groups in total. The van der Waals surface area contributed by atoms with E-state index < -0.39 is 11.5 Å². The second-order valence-electron chi connectivity index (χ2n) is 6.11. The van der Waals surface area contributed by atoms with E-state index in [-0.39, 0.29) is 12.2 Å². The molecule has 0 aromatic heterocycles. The van der Waals surface area contributed by atoms with Gasteiger partial charge in [-0.25, -0.2) is 0 Å². The standard InChI is InChI=1S/C20H21NO4/c1-3-13-5-10-17-16(11-13)20(24,19(23)21-17)12-18(22)14-6-8-15(9-7-14)25-4-2/h5-11,24H,3-4,12H2,1-2H3,(H,21,23)/t20-/m0/s1. The maximum absolute atomic E-state index is 12.6. The van der Waals surface area contributed by atoms with Crippen molar-refractivity contribution in [1.82, 2.24) is 0 Å². The molecule has 25 heavy (non-hydrogen) atoms. The van der Waals surface area contributed by atoms with Crippen molar-refractivity contribution in [1.29, 1.82) is 0 Å². The van der Waals surface area contributed by atoms with Crippen molar-refractivity contribution in [3.8, 4) is 5.75 Å². The molecule has 0 unspecified atom stereocenters. The summed E-state index contributed by atoms with van der Waals surface area (Å²) in [5, 5.41) is 13.6. The number of aryl methyl sites for hydroxylation is 1. The molecule has 1 amide bonds. The lowest BCUT2D eigenvalue weighted by Crippen LogP contribution is -2.36. The minimum Gasteiger partial charge on any atom is -0.494 e. The highest BCUT2D eigenvalue weighted by atomic mass is 16.5. The van der Waals surface area contributed by atoms with Crippen LogP contribution in [0.15, 0.2) is 42.5 Å². The fraction of sp³-hybridized carbons (Fsp3) is 0.300. The highest BCUT2D eigenvalue weighted by Crippen LogP contribution is 2.39. The predicted molar refractivity (Wildman–Crippen MR) is 94.9 cm³/mol. The van der Waals surface area contributed by atoms with E-state index in [1.165, 1.54) is 0 Å². The summed E-state index contributed by atoms with van der Waals surface area (Å²) in [5.74, 6) is -0.181. The zero-order chi connectivity index (χ0) is 18.0. The van der Waals surface area contributed by atoms with Crippen LogP contribution in [-0.4, -0.2) is 23.4 Å². The molecule has 1 aliphatic rings. The summed E-state index contributed by atoms with van der Waals surface area (Å²) >= 11 is 0. The van der Waals surface area contributed by atoms with Crippen molar-refractivity contribution in [2.45, 2.75) is 32.3 Å². The Labute approximate surface area is 146 Å². The number of fused-ring (bicyclic) bond motifs is 1. The number of nitrogens with one attached hydrogen (secondary N) is 1. The Balaban J connectivity index is 1.86. The molecule has 5 nitrogen and oxygen atoms in total. The van der Waals surface area contributed by atoms with Gasteiger partial charge in [0.05, 0.1) is 13.0 Å². The van der Waals surface area contributed by atoms with Gasteiger partial charge in [0.2, 0.25) is 0 Å². The van der Waals surface area contributed by atoms with Crippen molar-refractivity contribution in [2.75, 3.05) is 11.9 Å². The number of rotatable bonds is 6. The number of ketones is 1. The average Bonchev–Trinajstić information content (AvgIpc) is 2.86. The fourth-order valence-electron chi connectivity index (χ4n) is 3.02. The third-order valence-electron chi connectivity index (χ3n) is 4.47. The van der Waals surface area contributed by atoms with Crippen LogP contribution in [0.5, 0.6) is 5.75 Å². The lowest BCUT2D eigenvalue weighted by molar-refractivity contribution is -0.133. The van der Waals surface area contributed by atoms with Gasteiger partial charge in [-0.2, -0.15) is 0 Å².